The molecule has 0 spiro atoms. The Morgan fingerprint density at radius 1 is 0.382 bits per heavy atom. The summed E-state index contributed by atoms with van der Waals surface area (Å²) in [4.78, 5) is 2.48. The fraction of sp³-hybridized carbons (Fsp3) is 0.0154. The molecule has 14 rings (SSSR count). The molecule has 11 aromatic carbocycles. The Kier molecular flexibility index (Phi) is 8.71. The van der Waals surface area contributed by atoms with Crippen molar-refractivity contribution in [2.75, 3.05) is 4.90 Å². The lowest BCUT2D eigenvalue weighted by atomic mass is 9.68. The minimum absolute atomic E-state index is 0.533. The highest BCUT2D eigenvalue weighted by molar-refractivity contribution is 7.25. The van der Waals surface area contributed by atoms with Crippen LogP contribution >= 0.6 is 11.3 Å². The van der Waals surface area contributed by atoms with E-state index in [9.17, 15) is 0 Å². The molecule has 2 nitrogen and oxygen atoms in total. The molecule has 0 radical (unpaired) electrons. The van der Waals surface area contributed by atoms with Crippen LogP contribution in [0.25, 0.3) is 86.3 Å². The Labute approximate surface area is 398 Å². The lowest BCUT2D eigenvalue weighted by molar-refractivity contribution is 0.673. The van der Waals surface area contributed by atoms with E-state index in [1.165, 1.54) is 70.1 Å². The van der Waals surface area contributed by atoms with Gasteiger partial charge < -0.3 is 9.32 Å². The van der Waals surface area contributed by atoms with Crippen LogP contribution in [0.5, 0.6) is 0 Å². The second-order valence-electron chi connectivity index (χ2n) is 17.9. The van der Waals surface area contributed by atoms with E-state index in [0.717, 1.165) is 55.5 Å². The molecule has 0 amide bonds. The minimum Gasteiger partial charge on any atom is -0.455 e. The van der Waals surface area contributed by atoms with Gasteiger partial charge in [-0.25, -0.2) is 0 Å². The second-order valence-corrected chi connectivity index (χ2v) is 19.0. The molecule has 2 aromatic heterocycles. The van der Waals surface area contributed by atoms with E-state index in [1.807, 2.05) is 11.3 Å². The van der Waals surface area contributed by atoms with E-state index in [2.05, 4.69) is 254 Å². The predicted molar refractivity (Wildman–Crippen MR) is 287 cm³/mol. The van der Waals surface area contributed by atoms with Crippen molar-refractivity contribution in [1.82, 2.24) is 0 Å². The third kappa shape index (κ3) is 5.76. The number of anilines is 3. The van der Waals surface area contributed by atoms with E-state index in [-0.39, 0.29) is 0 Å². The average molecular weight is 884 g/mol. The number of rotatable bonds is 7. The van der Waals surface area contributed by atoms with Crippen LogP contribution < -0.4 is 4.90 Å². The fourth-order valence-corrected chi connectivity index (χ4v) is 12.5. The number of fused-ring (bicyclic) bond motifs is 11. The maximum atomic E-state index is 6.70. The van der Waals surface area contributed by atoms with Gasteiger partial charge in [0, 0.05) is 53.3 Å². The number of benzene rings is 11. The average Bonchev–Trinajstić information content (AvgIpc) is 4.08. The number of hydrogen-bond donors (Lipinski definition) is 0. The highest BCUT2D eigenvalue weighted by Gasteiger charge is 2.47. The molecule has 2 heterocycles. The van der Waals surface area contributed by atoms with E-state index in [1.54, 1.807) is 0 Å². The molecular formula is C65H41NOS. The van der Waals surface area contributed by atoms with Gasteiger partial charge in [0.25, 0.3) is 0 Å². The highest BCUT2D eigenvalue weighted by atomic mass is 32.1. The highest BCUT2D eigenvalue weighted by Crippen LogP contribution is 2.59. The molecule has 0 saturated heterocycles. The van der Waals surface area contributed by atoms with Gasteiger partial charge in [-0.2, -0.15) is 0 Å². The molecule has 3 heteroatoms. The first-order valence-electron chi connectivity index (χ1n) is 23.3. The number of thiophene rings is 1. The van der Waals surface area contributed by atoms with Crippen molar-refractivity contribution in [3.05, 3.63) is 271 Å². The van der Waals surface area contributed by atoms with E-state index >= 15 is 0 Å². The third-order valence-corrected chi connectivity index (χ3v) is 15.5. The smallest absolute Gasteiger partial charge is 0.143 e. The Balaban J connectivity index is 0.988. The SMILES string of the molecule is c1ccc(C2(c3ccccc3)c3ccccc3-c3c(N(c4ccc(-c5ccc6c(c5)sc5ccccc56)cc4)c4cccc(-c5cccc6oc7c8ccccc8ccc7c56)c4)cccc32)cc1. The van der Waals surface area contributed by atoms with Gasteiger partial charge in [-0.3, -0.25) is 0 Å². The quantitative estimate of drug-likeness (QED) is 0.159. The van der Waals surface area contributed by atoms with E-state index < -0.39 is 5.41 Å². The van der Waals surface area contributed by atoms with Crippen molar-refractivity contribution in [2.24, 2.45) is 0 Å². The lowest BCUT2D eigenvalue weighted by Gasteiger charge is -2.34. The molecule has 0 saturated carbocycles. The third-order valence-electron chi connectivity index (χ3n) is 14.3. The van der Waals surface area contributed by atoms with Crippen molar-refractivity contribution in [2.45, 2.75) is 5.41 Å². The summed E-state index contributed by atoms with van der Waals surface area (Å²) >= 11 is 1.86. The van der Waals surface area contributed by atoms with Crippen LogP contribution in [-0.2, 0) is 5.41 Å². The van der Waals surface area contributed by atoms with Gasteiger partial charge in [0.2, 0.25) is 0 Å². The minimum atomic E-state index is -0.533. The zero-order valence-corrected chi connectivity index (χ0v) is 37.8. The molecular weight excluding hydrogens is 843 g/mol. The van der Waals surface area contributed by atoms with E-state index in [4.69, 9.17) is 4.42 Å². The van der Waals surface area contributed by atoms with Crippen molar-refractivity contribution in [3.8, 4) is 33.4 Å². The summed E-state index contributed by atoms with van der Waals surface area (Å²) in [7, 11) is 0. The molecule has 0 aliphatic heterocycles. The maximum absolute atomic E-state index is 6.70. The molecule has 1 aliphatic carbocycles. The first-order chi connectivity index (χ1) is 33.7. The molecule has 13 aromatic rings. The van der Waals surface area contributed by atoms with Crippen molar-refractivity contribution < 1.29 is 4.42 Å². The first kappa shape index (κ1) is 38.7. The number of furan rings is 1. The van der Waals surface area contributed by atoms with Gasteiger partial charge in [-0.15, -0.1) is 11.3 Å². The van der Waals surface area contributed by atoms with Crippen LogP contribution in [0, 0.1) is 0 Å². The van der Waals surface area contributed by atoms with E-state index in [0.29, 0.717) is 0 Å². The summed E-state index contributed by atoms with van der Waals surface area (Å²) in [6.07, 6.45) is 0. The van der Waals surface area contributed by atoms with Crippen molar-refractivity contribution in [3.63, 3.8) is 0 Å². The van der Waals surface area contributed by atoms with Crippen LogP contribution in [-0.4, -0.2) is 0 Å². The summed E-state index contributed by atoms with van der Waals surface area (Å²) in [6, 6.07) is 91.4. The molecule has 0 bridgehead atoms. The molecule has 1 aliphatic rings. The zero-order chi connectivity index (χ0) is 44.8. The van der Waals surface area contributed by atoms with Crippen molar-refractivity contribution in [1.29, 1.82) is 0 Å². The Morgan fingerprint density at radius 3 is 1.87 bits per heavy atom. The van der Waals surface area contributed by atoms with Crippen LogP contribution in [0.15, 0.2) is 253 Å². The molecule has 0 unspecified atom stereocenters. The lowest BCUT2D eigenvalue weighted by Crippen LogP contribution is -2.28. The Hall–Kier alpha value is -8.50. The van der Waals surface area contributed by atoms with Crippen LogP contribution in [0.2, 0.25) is 0 Å². The second kappa shape index (κ2) is 15.3. The molecule has 318 valence electrons. The largest absolute Gasteiger partial charge is 0.455 e. The molecule has 0 N–H and O–H groups in total. The summed E-state index contributed by atoms with van der Waals surface area (Å²) in [5.74, 6) is 0. The van der Waals surface area contributed by atoms with Crippen LogP contribution in [0.4, 0.5) is 17.1 Å². The van der Waals surface area contributed by atoms with Gasteiger partial charge in [0.1, 0.15) is 11.2 Å². The van der Waals surface area contributed by atoms with Crippen LogP contribution in [0.3, 0.4) is 0 Å². The molecule has 68 heavy (non-hydrogen) atoms. The summed E-state index contributed by atoms with van der Waals surface area (Å²) in [5.41, 5.74) is 16.7. The first-order valence-corrected chi connectivity index (χ1v) is 24.1. The molecule has 0 atom stereocenters. The van der Waals surface area contributed by atoms with Gasteiger partial charge in [-0.05, 0) is 110 Å². The van der Waals surface area contributed by atoms with Gasteiger partial charge in [0.05, 0.1) is 11.1 Å². The standard InChI is InChI=1S/C65H41NOS/c1-3-18-46(19-4-1)65(47-20-5-2-6-21-47)56-27-11-9-25-54(56)63-57(65)28-15-29-58(63)66(48-36-32-42(33-37-48)44-35-38-53-52-24-10-12-31-60(52)68-61(53)41-44)49-22-13-17-45(40-49)50-26-14-30-59-62(50)55-39-34-43-16-7-8-23-51(43)64(55)67-59/h1-41H. The topological polar surface area (TPSA) is 16.4 Å². The summed E-state index contributed by atoms with van der Waals surface area (Å²) in [5, 5.41) is 7.17. The van der Waals surface area contributed by atoms with Crippen molar-refractivity contribution >= 4 is 81.3 Å². The van der Waals surface area contributed by atoms with Gasteiger partial charge in [-0.1, -0.05) is 194 Å². The summed E-state index contributed by atoms with van der Waals surface area (Å²) in [6.45, 7) is 0. The number of hydrogen-bond acceptors (Lipinski definition) is 3. The Bertz CT molecular complexity index is 4050. The summed E-state index contributed by atoms with van der Waals surface area (Å²) < 4.78 is 9.32. The maximum Gasteiger partial charge on any atom is 0.143 e. The van der Waals surface area contributed by atoms with Gasteiger partial charge in [0.15, 0.2) is 0 Å². The van der Waals surface area contributed by atoms with Gasteiger partial charge >= 0.3 is 0 Å². The van der Waals surface area contributed by atoms with Crippen LogP contribution in [0.1, 0.15) is 22.3 Å². The Morgan fingerprint density at radius 2 is 1.03 bits per heavy atom. The molecule has 0 fully saturated rings. The monoisotopic (exact) mass is 883 g/mol. The zero-order valence-electron chi connectivity index (χ0n) is 36.9. The normalized spacial score (nSPS) is 12.8. The number of nitrogens with zero attached hydrogens (tertiary/aromatic N) is 1. The fourth-order valence-electron chi connectivity index (χ4n) is 11.4. The predicted octanol–water partition coefficient (Wildman–Crippen LogP) is 18.3.